The fraction of sp³-hybridized carbons (Fsp3) is 1.00. The van der Waals surface area contributed by atoms with E-state index in [4.69, 9.17) is 11.6 Å². The van der Waals surface area contributed by atoms with Crippen LogP contribution in [-0.2, 0) is 9.84 Å². The number of rotatable bonds is 7. The van der Waals surface area contributed by atoms with Gasteiger partial charge in [-0.15, -0.1) is 11.6 Å². The van der Waals surface area contributed by atoms with E-state index in [1.54, 1.807) is 0 Å². The molecule has 90 valence electrons. The van der Waals surface area contributed by atoms with Crippen molar-refractivity contribution in [3.05, 3.63) is 0 Å². The van der Waals surface area contributed by atoms with Gasteiger partial charge in [0.05, 0.1) is 5.75 Å². The van der Waals surface area contributed by atoms with E-state index in [0.717, 1.165) is 19.4 Å². The molecule has 0 unspecified atom stereocenters. The Bertz CT molecular complexity index is 273. The van der Waals surface area contributed by atoms with Crippen LogP contribution in [0.25, 0.3) is 0 Å². The zero-order valence-electron chi connectivity index (χ0n) is 9.21. The zero-order chi connectivity index (χ0) is 11.3. The molecule has 5 heteroatoms. The van der Waals surface area contributed by atoms with Gasteiger partial charge in [0.2, 0.25) is 0 Å². The molecule has 0 saturated heterocycles. The van der Waals surface area contributed by atoms with Crippen molar-refractivity contribution < 1.29 is 8.42 Å². The monoisotopic (exact) mass is 253 g/mol. The first kappa shape index (κ1) is 13.3. The SMILES string of the molecule is CCCS(=O)(=O)CCNCC1CC(Cl)C1. The van der Waals surface area contributed by atoms with Crippen LogP contribution in [0.3, 0.4) is 0 Å². The normalized spacial score (nSPS) is 26.3. The second-order valence-electron chi connectivity index (χ2n) is 4.29. The van der Waals surface area contributed by atoms with Crippen LogP contribution in [0.4, 0.5) is 0 Å². The molecule has 0 aromatic heterocycles. The highest BCUT2D eigenvalue weighted by Gasteiger charge is 2.26. The van der Waals surface area contributed by atoms with Gasteiger partial charge in [-0.2, -0.15) is 0 Å². The maximum Gasteiger partial charge on any atom is 0.151 e. The Kier molecular flexibility index (Phi) is 5.36. The minimum atomic E-state index is -2.82. The summed E-state index contributed by atoms with van der Waals surface area (Å²) in [7, 11) is -2.82. The van der Waals surface area contributed by atoms with Crippen molar-refractivity contribution in [2.75, 3.05) is 24.6 Å². The van der Waals surface area contributed by atoms with Crippen LogP contribution in [0.2, 0.25) is 0 Å². The third-order valence-electron chi connectivity index (χ3n) is 2.72. The predicted molar refractivity (Wildman–Crippen MR) is 64.2 cm³/mol. The Morgan fingerprint density at radius 1 is 1.33 bits per heavy atom. The van der Waals surface area contributed by atoms with Crippen LogP contribution in [-0.4, -0.2) is 38.4 Å². The van der Waals surface area contributed by atoms with Gasteiger partial charge in [-0.25, -0.2) is 8.42 Å². The van der Waals surface area contributed by atoms with Crippen LogP contribution in [0.1, 0.15) is 26.2 Å². The van der Waals surface area contributed by atoms with E-state index in [-0.39, 0.29) is 5.75 Å². The fourth-order valence-corrected chi connectivity index (χ4v) is 3.55. The zero-order valence-corrected chi connectivity index (χ0v) is 10.8. The number of sulfone groups is 1. The van der Waals surface area contributed by atoms with Gasteiger partial charge in [0.15, 0.2) is 9.84 Å². The minimum absolute atomic E-state index is 0.262. The molecule has 0 aromatic rings. The van der Waals surface area contributed by atoms with Gasteiger partial charge >= 0.3 is 0 Å². The van der Waals surface area contributed by atoms with Crippen LogP contribution in [0.15, 0.2) is 0 Å². The molecule has 1 aliphatic carbocycles. The van der Waals surface area contributed by atoms with E-state index in [9.17, 15) is 8.42 Å². The molecule has 0 atom stereocenters. The van der Waals surface area contributed by atoms with Crippen LogP contribution < -0.4 is 5.32 Å². The summed E-state index contributed by atoms with van der Waals surface area (Å²) in [6.45, 7) is 3.37. The highest BCUT2D eigenvalue weighted by Crippen LogP contribution is 2.30. The van der Waals surface area contributed by atoms with Crippen molar-refractivity contribution in [3.8, 4) is 0 Å². The maximum absolute atomic E-state index is 11.3. The highest BCUT2D eigenvalue weighted by molar-refractivity contribution is 7.91. The molecule has 1 N–H and O–H groups in total. The van der Waals surface area contributed by atoms with Crippen molar-refractivity contribution in [1.29, 1.82) is 0 Å². The molecular formula is C10H20ClNO2S. The molecule has 0 amide bonds. The van der Waals surface area contributed by atoms with E-state index in [1.807, 2.05) is 6.92 Å². The van der Waals surface area contributed by atoms with Crippen molar-refractivity contribution >= 4 is 21.4 Å². The number of hydrogen-bond donors (Lipinski definition) is 1. The first-order chi connectivity index (χ1) is 7.03. The molecule has 0 spiro atoms. The quantitative estimate of drug-likeness (QED) is 0.551. The summed E-state index contributed by atoms with van der Waals surface area (Å²) in [5, 5.41) is 3.53. The summed E-state index contributed by atoms with van der Waals surface area (Å²) in [6, 6.07) is 0. The maximum atomic E-state index is 11.3. The van der Waals surface area contributed by atoms with Crippen molar-refractivity contribution in [1.82, 2.24) is 5.32 Å². The van der Waals surface area contributed by atoms with Gasteiger partial charge in [0, 0.05) is 17.7 Å². The Hall–Kier alpha value is 0.200. The third kappa shape index (κ3) is 5.18. The first-order valence-electron chi connectivity index (χ1n) is 5.58. The lowest BCUT2D eigenvalue weighted by Gasteiger charge is -2.30. The van der Waals surface area contributed by atoms with E-state index in [2.05, 4.69) is 5.32 Å². The molecule has 3 nitrogen and oxygen atoms in total. The van der Waals surface area contributed by atoms with Crippen LogP contribution in [0.5, 0.6) is 0 Å². The van der Waals surface area contributed by atoms with Crippen molar-refractivity contribution in [2.45, 2.75) is 31.6 Å². The summed E-state index contributed by atoms with van der Waals surface area (Å²) in [5.74, 6) is 1.22. The minimum Gasteiger partial charge on any atom is -0.315 e. The summed E-state index contributed by atoms with van der Waals surface area (Å²) >= 11 is 5.85. The Labute approximate surface area is 97.5 Å². The fourth-order valence-electron chi connectivity index (χ4n) is 1.77. The lowest BCUT2D eigenvalue weighted by atomic mass is 9.85. The Balaban J connectivity index is 2.01. The second kappa shape index (κ2) is 6.06. The number of alkyl halides is 1. The molecular weight excluding hydrogens is 234 g/mol. The molecule has 0 bridgehead atoms. The van der Waals surface area contributed by atoms with Crippen molar-refractivity contribution in [3.63, 3.8) is 0 Å². The highest BCUT2D eigenvalue weighted by atomic mass is 35.5. The van der Waals surface area contributed by atoms with Crippen molar-refractivity contribution in [2.24, 2.45) is 5.92 Å². The summed E-state index contributed by atoms with van der Waals surface area (Å²) in [4.78, 5) is 0. The molecule has 1 aliphatic rings. The molecule has 1 saturated carbocycles. The molecule has 0 aliphatic heterocycles. The number of nitrogens with one attached hydrogen (secondary N) is 1. The van der Waals surface area contributed by atoms with Gasteiger partial charge in [-0.3, -0.25) is 0 Å². The lowest BCUT2D eigenvalue weighted by Crippen LogP contribution is -2.35. The van der Waals surface area contributed by atoms with Crippen LogP contribution in [0, 0.1) is 5.92 Å². The van der Waals surface area contributed by atoms with Gasteiger partial charge in [0.25, 0.3) is 0 Å². The Morgan fingerprint density at radius 3 is 2.53 bits per heavy atom. The summed E-state index contributed by atoms with van der Waals surface area (Å²) < 4.78 is 22.7. The lowest BCUT2D eigenvalue weighted by molar-refractivity contribution is 0.311. The molecule has 1 fully saturated rings. The largest absolute Gasteiger partial charge is 0.315 e. The van der Waals surface area contributed by atoms with Crippen LogP contribution >= 0.6 is 11.6 Å². The smallest absolute Gasteiger partial charge is 0.151 e. The second-order valence-corrected chi connectivity index (χ2v) is 7.21. The topological polar surface area (TPSA) is 46.2 Å². The van der Waals surface area contributed by atoms with E-state index >= 15 is 0 Å². The third-order valence-corrected chi connectivity index (χ3v) is 4.93. The summed E-state index contributed by atoms with van der Waals surface area (Å²) in [5.41, 5.74) is 0. The predicted octanol–water partition coefficient (Wildman–Crippen LogP) is 1.42. The molecule has 0 heterocycles. The number of hydrogen-bond acceptors (Lipinski definition) is 3. The average molecular weight is 254 g/mol. The van der Waals surface area contributed by atoms with Gasteiger partial charge < -0.3 is 5.32 Å². The average Bonchev–Trinajstić information content (AvgIpc) is 2.08. The number of halogens is 1. The molecule has 1 rings (SSSR count). The standard InChI is InChI=1S/C10H20ClNO2S/c1-2-4-15(13,14)5-3-12-8-9-6-10(11)7-9/h9-10,12H,2-8H2,1H3. The molecule has 0 aromatic carbocycles. The van der Waals surface area contributed by atoms with Gasteiger partial charge in [-0.05, 0) is 31.7 Å². The van der Waals surface area contributed by atoms with Gasteiger partial charge in [0.1, 0.15) is 0 Å². The van der Waals surface area contributed by atoms with Gasteiger partial charge in [-0.1, -0.05) is 6.92 Å². The summed E-state index contributed by atoms with van der Waals surface area (Å²) in [6.07, 6.45) is 2.84. The Morgan fingerprint density at radius 2 is 2.00 bits per heavy atom. The first-order valence-corrected chi connectivity index (χ1v) is 7.84. The van der Waals surface area contributed by atoms with E-state index in [0.29, 0.717) is 30.0 Å². The molecule has 15 heavy (non-hydrogen) atoms. The van der Waals surface area contributed by atoms with E-state index < -0.39 is 9.84 Å². The van der Waals surface area contributed by atoms with E-state index in [1.165, 1.54) is 0 Å². The molecule has 0 radical (unpaired) electrons.